The number of aromatic nitrogens is 3. The first-order chi connectivity index (χ1) is 13.5. The molecule has 0 saturated carbocycles. The topological polar surface area (TPSA) is 132 Å². The van der Waals surface area contributed by atoms with Gasteiger partial charge in [-0.05, 0) is 23.6 Å². The summed E-state index contributed by atoms with van der Waals surface area (Å²) in [5.41, 5.74) is 8.05. The van der Waals surface area contributed by atoms with Crippen molar-refractivity contribution >= 4 is 17.5 Å². The minimum absolute atomic E-state index is 0.0549. The number of nitrogens with two attached hydrogens (primary N) is 1. The number of benzene rings is 1. The molecular weight excluding hydrogens is 362 g/mol. The summed E-state index contributed by atoms with van der Waals surface area (Å²) in [7, 11) is 1.47. The normalized spacial score (nSPS) is 18.2. The van der Waals surface area contributed by atoms with Gasteiger partial charge in [0.05, 0.1) is 18.8 Å². The Morgan fingerprint density at radius 2 is 2.14 bits per heavy atom. The third-order valence-corrected chi connectivity index (χ3v) is 4.86. The van der Waals surface area contributed by atoms with Gasteiger partial charge in [0, 0.05) is 13.3 Å². The fourth-order valence-corrected chi connectivity index (χ4v) is 3.60. The Morgan fingerprint density at radius 1 is 1.36 bits per heavy atom. The lowest BCUT2D eigenvalue weighted by atomic mass is 10.1. The molecule has 0 unspecified atom stereocenters. The predicted molar refractivity (Wildman–Crippen MR) is 98.6 cm³/mol. The number of nitrogens with zero attached hydrogens (tertiary/aromatic N) is 3. The maximum atomic E-state index is 12.9. The summed E-state index contributed by atoms with van der Waals surface area (Å²) >= 11 is 0. The van der Waals surface area contributed by atoms with E-state index in [0.717, 1.165) is 11.1 Å². The summed E-state index contributed by atoms with van der Waals surface area (Å²) in [6.45, 7) is 0.0549. The molecule has 2 amide bonds. The quantitative estimate of drug-likeness (QED) is 0.585. The van der Waals surface area contributed by atoms with Crippen LogP contribution in [-0.4, -0.2) is 44.7 Å². The number of rotatable bonds is 5. The minimum atomic E-state index is -0.791. The van der Waals surface area contributed by atoms with E-state index in [1.807, 2.05) is 24.3 Å². The molecule has 2 aromatic heterocycles. The van der Waals surface area contributed by atoms with Crippen molar-refractivity contribution in [3.63, 3.8) is 0 Å². The highest BCUT2D eigenvalue weighted by Crippen LogP contribution is 2.31. The van der Waals surface area contributed by atoms with Crippen LogP contribution in [0.4, 0.5) is 0 Å². The van der Waals surface area contributed by atoms with Crippen molar-refractivity contribution in [2.24, 2.45) is 5.73 Å². The molecule has 9 heteroatoms. The molecule has 0 saturated heterocycles. The standard InChI is InChI=1S/C19H19N5O4/c1-28-9-13-15(17(20)26)18-21-7-6-14(24(18)23-13)19(27)22-12-8-10-4-2-3-5-11(10)16(12)25/h2-7,12,16,25H,8-9H2,1H3,(H2,20,26)(H,22,27)/t12-,16+/m1/s1. The SMILES string of the molecule is COCc1nn2c(C(=O)N[C@@H]3Cc4ccccc4[C@@H]3O)ccnc2c1C(N)=O. The molecule has 0 spiro atoms. The maximum Gasteiger partial charge on any atom is 0.270 e. The van der Waals surface area contributed by atoms with E-state index >= 15 is 0 Å². The number of aliphatic hydroxyl groups excluding tert-OH is 1. The Bertz CT molecular complexity index is 1080. The van der Waals surface area contributed by atoms with Crippen molar-refractivity contribution in [1.29, 1.82) is 0 Å². The Balaban J connectivity index is 1.67. The predicted octanol–water partition coefficient (Wildman–Crippen LogP) is 0.363. The van der Waals surface area contributed by atoms with Crippen LogP contribution < -0.4 is 11.1 Å². The molecule has 2 atom stereocenters. The summed E-state index contributed by atoms with van der Waals surface area (Å²) in [5.74, 6) is -1.14. The van der Waals surface area contributed by atoms with Gasteiger partial charge in [-0.2, -0.15) is 5.10 Å². The maximum absolute atomic E-state index is 12.9. The number of hydrogen-bond donors (Lipinski definition) is 3. The number of nitrogens with one attached hydrogen (secondary N) is 1. The molecule has 1 aliphatic rings. The number of hydrogen-bond acceptors (Lipinski definition) is 6. The number of fused-ring (bicyclic) bond motifs is 2. The first-order valence-electron chi connectivity index (χ1n) is 8.73. The van der Waals surface area contributed by atoms with Crippen LogP contribution in [0.1, 0.15) is 43.8 Å². The van der Waals surface area contributed by atoms with Gasteiger partial charge in [0.1, 0.15) is 17.0 Å². The molecule has 28 heavy (non-hydrogen) atoms. The highest BCUT2D eigenvalue weighted by Gasteiger charge is 2.32. The van der Waals surface area contributed by atoms with Crippen LogP contribution in [-0.2, 0) is 17.8 Å². The Hall–Kier alpha value is -3.30. The Morgan fingerprint density at radius 3 is 2.86 bits per heavy atom. The molecule has 144 valence electrons. The number of carbonyl (C=O) groups is 2. The number of carbonyl (C=O) groups excluding carboxylic acids is 2. The summed E-state index contributed by atoms with van der Waals surface area (Å²) in [4.78, 5) is 28.9. The molecule has 1 aromatic carbocycles. The van der Waals surface area contributed by atoms with E-state index in [9.17, 15) is 14.7 Å². The van der Waals surface area contributed by atoms with Crippen molar-refractivity contribution in [1.82, 2.24) is 19.9 Å². The average Bonchev–Trinajstić information content (AvgIpc) is 3.20. The van der Waals surface area contributed by atoms with Gasteiger partial charge >= 0.3 is 0 Å². The number of primary amides is 1. The highest BCUT2D eigenvalue weighted by molar-refractivity contribution is 6.01. The number of methoxy groups -OCH3 is 1. The van der Waals surface area contributed by atoms with E-state index in [1.54, 1.807) is 0 Å². The smallest absolute Gasteiger partial charge is 0.270 e. The second-order valence-electron chi connectivity index (χ2n) is 6.61. The Labute approximate surface area is 160 Å². The molecule has 3 aromatic rings. The van der Waals surface area contributed by atoms with E-state index in [1.165, 1.54) is 23.9 Å². The van der Waals surface area contributed by atoms with Gasteiger partial charge in [-0.25, -0.2) is 9.50 Å². The molecule has 2 heterocycles. The largest absolute Gasteiger partial charge is 0.386 e. The van der Waals surface area contributed by atoms with Gasteiger partial charge in [-0.3, -0.25) is 9.59 Å². The monoisotopic (exact) mass is 381 g/mol. The van der Waals surface area contributed by atoms with Crippen molar-refractivity contribution in [3.05, 3.63) is 64.6 Å². The van der Waals surface area contributed by atoms with Crippen LogP contribution in [0.5, 0.6) is 0 Å². The lowest BCUT2D eigenvalue weighted by Gasteiger charge is -2.17. The van der Waals surface area contributed by atoms with E-state index in [2.05, 4.69) is 15.4 Å². The highest BCUT2D eigenvalue weighted by atomic mass is 16.5. The summed E-state index contributed by atoms with van der Waals surface area (Å²) in [6.07, 6.45) is 1.15. The minimum Gasteiger partial charge on any atom is -0.386 e. The molecule has 0 radical (unpaired) electrons. The average molecular weight is 381 g/mol. The van der Waals surface area contributed by atoms with Gasteiger partial charge in [0.25, 0.3) is 11.8 Å². The molecule has 0 bridgehead atoms. The first-order valence-corrected chi connectivity index (χ1v) is 8.73. The van der Waals surface area contributed by atoms with Crippen molar-refractivity contribution < 1.29 is 19.4 Å². The van der Waals surface area contributed by atoms with Crippen LogP contribution in [0, 0.1) is 0 Å². The van der Waals surface area contributed by atoms with E-state index in [4.69, 9.17) is 10.5 Å². The number of aliphatic hydroxyl groups is 1. The molecule has 1 aliphatic carbocycles. The summed E-state index contributed by atoms with van der Waals surface area (Å²) in [6, 6.07) is 8.56. The lowest BCUT2D eigenvalue weighted by molar-refractivity contribution is 0.0850. The zero-order valence-corrected chi connectivity index (χ0v) is 15.1. The van der Waals surface area contributed by atoms with Crippen molar-refractivity contribution in [2.75, 3.05) is 7.11 Å². The van der Waals surface area contributed by atoms with Crippen LogP contribution in [0.3, 0.4) is 0 Å². The molecular formula is C19H19N5O4. The fourth-order valence-electron chi connectivity index (χ4n) is 3.60. The second kappa shape index (κ2) is 7.02. The molecule has 0 aliphatic heterocycles. The Kier molecular flexibility index (Phi) is 4.54. The summed E-state index contributed by atoms with van der Waals surface area (Å²) < 4.78 is 6.34. The third-order valence-electron chi connectivity index (χ3n) is 4.86. The fraction of sp³-hybridized carbons (Fsp3) is 0.263. The van der Waals surface area contributed by atoms with Gasteiger partial charge in [0.15, 0.2) is 5.65 Å². The third kappa shape index (κ3) is 2.90. The van der Waals surface area contributed by atoms with E-state index in [-0.39, 0.29) is 23.5 Å². The molecule has 0 fully saturated rings. The van der Waals surface area contributed by atoms with E-state index in [0.29, 0.717) is 12.1 Å². The summed E-state index contributed by atoms with van der Waals surface area (Å²) in [5, 5.41) is 17.6. The van der Waals surface area contributed by atoms with Crippen molar-refractivity contribution in [2.45, 2.75) is 25.2 Å². The number of amides is 2. The molecule has 4 rings (SSSR count). The number of ether oxygens (including phenoxy) is 1. The van der Waals surface area contributed by atoms with Gasteiger partial charge < -0.3 is 20.9 Å². The first kappa shape index (κ1) is 18.1. The zero-order chi connectivity index (χ0) is 19.8. The van der Waals surface area contributed by atoms with Gasteiger partial charge in [0.2, 0.25) is 0 Å². The van der Waals surface area contributed by atoms with Crippen LogP contribution in [0.25, 0.3) is 5.65 Å². The van der Waals surface area contributed by atoms with E-state index < -0.39 is 24.0 Å². The second-order valence-corrected chi connectivity index (χ2v) is 6.61. The zero-order valence-electron chi connectivity index (χ0n) is 15.1. The van der Waals surface area contributed by atoms with Crippen LogP contribution in [0.15, 0.2) is 36.5 Å². The lowest BCUT2D eigenvalue weighted by Crippen LogP contribution is -2.38. The molecule has 4 N–H and O–H groups in total. The van der Waals surface area contributed by atoms with Crippen molar-refractivity contribution in [3.8, 4) is 0 Å². The van der Waals surface area contributed by atoms with Gasteiger partial charge in [-0.15, -0.1) is 0 Å². The molecule has 9 nitrogen and oxygen atoms in total. The van der Waals surface area contributed by atoms with Crippen LogP contribution in [0.2, 0.25) is 0 Å². The van der Waals surface area contributed by atoms with Crippen LogP contribution >= 0.6 is 0 Å². The van der Waals surface area contributed by atoms with Gasteiger partial charge in [-0.1, -0.05) is 24.3 Å².